The van der Waals surface area contributed by atoms with E-state index in [9.17, 15) is 9.18 Å². The lowest BCUT2D eigenvalue weighted by Crippen LogP contribution is -2.33. The van der Waals surface area contributed by atoms with Crippen molar-refractivity contribution in [3.05, 3.63) is 60.4 Å². The second-order valence-corrected chi connectivity index (χ2v) is 4.40. The largest absolute Gasteiger partial charge is 0.492 e. The number of carbonyl (C=O) groups is 1. The van der Waals surface area contributed by atoms with Crippen LogP contribution in [0.15, 0.2) is 54.6 Å². The monoisotopic (exact) mass is 289 g/mol. The molecular formula is C16H16FNO3. The van der Waals surface area contributed by atoms with Gasteiger partial charge in [0.1, 0.15) is 23.9 Å². The molecule has 5 heteroatoms. The minimum absolute atomic E-state index is 0.298. The van der Waals surface area contributed by atoms with Crippen molar-refractivity contribution < 1.29 is 18.7 Å². The Morgan fingerprint density at radius 3 is 2.38 bits per heavy atom. The molecule has 4 nitrogen and oxygen atoms in total. The highest BCUT2D eigenvalue weighted by molar-refractivity contribution is 5.70. The molecule has 2 rings (SSSR count). The van der Waals surface area contributed by atoms with Crippen molar-refractivity contribution in [2.45, 2.75) is 0 Å². The summed E-state index contributed by atoms with van der Waals surface area (Å²) in [5, 5.41) is 0. The predicted octanol–water partition coefficient (Wildman–Crippen LogP) is 3.34. The molecule has 0 unspecified atom stereocenters. The molecule has 2 aromatic carbocycles. The fourth-order valence-electron chi connectivity index (χ4n) is 1.59. The van der Waals surface area contributed by atoms with E-state index >= 15 is 0 Å². The molecule has 0 aliphatic heterocycles. The SMILES string of the molecule is CN(CCOc1ccc(F)cc1)C(=O)Oc1ccccc1. The van der Waals surface area contributed by atoms with Crippen molar-refractivity contribution in [3.8, 4) is 11.5 Å². The summed E-state index contributed by atoms with van der Waals surface area (Å²) >= 11 is 0. The van der Waals surface area contributed by atoms with Crippen LogP contribution >= 0.6 is 0 Å². The molecule has 0 aromatic heterocycles. The molecule has 0 bridgehead atoms. The average molecular weight is 289 g/mol. The van der Waals surface area contributed by atoms with Crippen LogP contribution in [0.4, 0.5) is 9.18 Å². The maximum atomic E-state index is 12.7. The molecule has 110 valence electrons. The first-order valence-electron chi connectivity index (χ1n) is 6.51. The van der Waals surface area contributed by atoms with E-state index in [0.717, 1.165) is 0 Å². The lowest BCUT2D eigenvalue weighted by atomic mass is 10.3. The van der Waals surface area contributed by atoms with Crippen LogP contribution in [0, 0.1) is 5.82 Å². The molecular weight excluding hydrogens is 273 g/mol. The minimum atomic E-state index is -0.455. The predicted molar refractivity (Wildman–Crippen MR) is 77.0 cm³/mol. The normalized spacial score (nSPS) is 10.0. The first-order valence-corrected chi connectivity index (χ1v) is 6.51. The number of rotatable bonds is 5. The van der Waals surface area contributed by atoms with Crippen molar-refractivity contribution in [2.24, 2.45) is 0 Å². The number of nitrogens with zero attached hydrogens (tertiary/aromatic N) is 1. The van der Waals surface area contributed by atoms with E-state index in [2.05, 4.69) is 0 Å². The minimum Gasteiger partial charge on any atom is -0.492 e. The van der Waals surface area contributed by atoms with E-state index in [1.165, 1.54) is 29.2 Å². The summed E-state index contributed by atoms with van der Waals surface area (Å²) in [5.41, 5.74) is 0. The van der Waals surface area contributed by atoms with Crippen molar-refractivity contribution in [2.75, 3.05) is 20.2 Å². The number of carbonyl (C=O) groups excluding carboxylic acids is 1. The summed E-state index contributed by atoms with van der Waals surface area (Å²) < 4.78 is 23.3. The number of likely N-dealkylation sites (N-methyl/N-ethyl adjacent to an activating group) is 1. The number of halogens is 1. The third-order valence-electron chi connectivity index (χ3n) is 2.77. The molecule has 0 N–H and O–H groups in total. The van der Waals surface area contributed by atoms with Crippen LogP contribution in [0.25, 0.3) is 0 Å². The van der Waals surface area contributed by atoms with Crippen molar-refractivity contribution in [1.82, 2.24) is 4.90 Å². The Bertz CT molecular complexity index is 572. The van der Waals surface area contributed by atoms with Gasteiger partial charge in [-0.25, -0.2) is 9.18 Å². The van der Waals surface area contributed by atoms with E-state index in [1.807, 2.05) is 6.07 Å². The zero-order valence-corrected chi connectivity index (χ0v) is 11.7. The smallest absolute Gasteiger partial charge is 0.415 e. The summed E-state index contributed by atoms with van der Waals surface area (Å²) in [5.74, 6) is 0.737. The van der Waals surface area contributed by atoms with Gasteiger partial charge in [-0.2, -0.15) is 0 Å². The molecule has 0 saturated heterocycles. The fraction of sp³-hybridized carbons (Fsp3) is 0.188. The summed E-state index contributed by atoms with van der Waals surface area (Å²) in [6.07, 6.45) is -0.455. The molecule has 0 fully saturated rings. The quantitative estimate of drug-likeness (QED) is 0.847. The molecule has 1 amide bonds. The Morgan fingerprint density at radius 1 is 1.05 bits per heavy atom. The second kappa shape index (κ2) is 7.28. The van der Waals surface area contributed by atoms with Crippen molar-refractivity contribution in [1.29, 1.82) is 0 Å². The Hall–Kier alpha value is -2.56. The van der Waals surface area contributed by atoms with Gasteiger partial charge in [-0.05, 0) is 36.4 Å². The van der Waals surface area contributed by atoms with E-state index in [-0.39, 0.29) is 5.82 Å². The van der Waals surface area contributed by atoms with Gasteiger partial charge in [0.25, 0.3) is 0 Å². The van der Waals surface area contributed by atoms with Crippen LogP contribution in [0.3, 0.4) is 0 Å². The molecule has 0 aliphatic rings. The molecule has 0 atom stereocenters. The fourth-order valence-corrected chi connectivity index (χ4v) is 1.59. The highest BCUT2D eigenvalue weighted by Gasteiger charge is 2.10. The number of ether oxygens (including phenoxy) is 2. The zero-order valence-electron chi connectivity index (χ0n) is 11.7. The van der Waals surface area contributed by atoms with E-state index in [4.69, 9.17) is 9.47 Å². The molecule has 0 aliphatic carbocycles. The molecule has 0 spiro atoms. The number of para-hydroxylation sites is 1. The second-order valence-electron chi connectivity index (χ2n) is 4.40. The first kappa shape index (κ1) is 14.8. The highest BCUT2D eigenvalue weighted by Crippen LogP contribution is 2.12. The molecule has 0 saturated carbocycles. The van der Waals surface area contributed by atoms with Gasteiger partial charge in [0.2, 0.25) is 0 Å². The van der Waals surface area contributed by atoms with Gasteiger partial charge in [-0.1, -0.05) is 18.2 Å². The van der Waals surface area contributed by atoms with E-state index in [0.29, 0.717) is 24.7 Å². The summed E-state index contributed by atoms with van der Waals surface area (Å²) in [7, 11) is 1.62. The van der Waals surface area contributed by atoms with Crippen LogP contribution in [-0.4, -0.2) is 31.2 Å². The lowest BCUT2D eigenvalue weighted by Gasteiger charge is -2.17. The number of hydrogen-bond donors (Lipinski definition) is 0. The van der Waals surface area contributed by atoms with Crippen LogP contribution in [-0.2, 0) is 0 Å². The van der Waals surface area contributed by atoms with Gasteiger partial charge >= 0.3 is 6.09 Å². The molecule has 0 radical (unpaired) electrons. The zero-order chi connectivity index (χ0) is 15.1. The summed E-state index contributed by atoms with van der Waals surface area (Å²) in [6.45, 7) is 0.662. The maximum absolute atomic E-state index is 12.7. The number of amides is 1. The Morgan fingerprint density at radius 2 is 1.71 bits per heavy atom. The van der Waals surface area contributed by atoms with Crippen molar-refractivity contribution >= 4 is 6.09 Å². The standard InChI is InChI=1S/C16H16FNO3/c1-18(16(19)21-15-5-3-2-4-6-15)11-12-20-14-9-7-13(17)8-10-14/h2-10H,11-12H2,1H3. The van der Waals surface area contributed by atoms with Crippen LogP contribution in [0.5, 0.6) is 11.5 Å². The molecule has 2 aromatic rings. The Kier molecular flexibility index (Phi) is 5.15. The molecule has 21 heavy (non-hydrogen) atoms. The van der Waals surface area contributed by atoms with Crippen molar-refractivity contribution in [3.63, 3.8) is 0 Å². The van der Waals surface area contributed by atoms with E-state index < -0.39 is 6.09 Å². The topological polar surface area (TPSA) is 38.8 Å². The third-order valence-corrected chi connectivity index (χ3v) is 2.77. The Balaban J connectivity index is 1.75. The van der Waals surface area contributed by atoms with Crippen LogP contribution in [0.1, 0.15) is 0 Å². The van der Waals surface area contributed by atoms with Crippen LogP contribution < -0.4 is 9.47 Å². The van der Waals surface area contributed by atoms with Gasteiger partial charge in [0.15, 0.2) is 0 Å². The summed E-state index contributed by atoms with van der Waals surface area (Å²) in [6, 6.07) is 14.6. The van der Waals surface area contributed by atoms with Gasteiger partial charge in [-0.15, -0.1) is 0 Å². The first-order chi connectivity index (χ1) is 10.1. The number of hydrogen-bond acceptors (Lipinski definition) is 3. The molecule has 0 heterocycles. The summed E-state index contributed by atoms with van der Waals surface area (Å²) in [4.78, 5) is 13.2. The van der Waals surface area contributed by atoms with Gasteiger partial charge in [-0.3, -0.25) is 0 Å². The third kappa shape index (κ3) is 4.80. The highest BCUT2D eigenvalue weighted by atomic mass is 19.1. The van der Waals surface area contributed by atoms with Gasteiger partial charge < -0.3 is 14.4 Å². The van der Waals surface area contributed by atoms with Gasteiger partial charge in [0.05, 0.1) is 6.54 Å². The Labute approximate surface area is 122 Å². The van der Waals surface area contributed by atoms with Crippen LogP contribution in [0.2, 0.25) is 0 Å². The lowest BCUT2D eigenvalue weighted by molar-refractivity contribution is 0.153. The number of benzene rings is 2. The van der Waals surface area contributed by atoms with E-state index in [1.54, 1.807) is 31.3 Å². The maximum Gasteiger partial charge on any atom is 0.415 e. The van der Waals surface area contributed by atoms with Gasteiger partial charge in [0, 0.05) is 7.05 Å². The average Bonchev–Trinajstić information content (AvgIpc) is 2.50.